The number of hydrogen-bond acceptors (Lipinski definition) is 4. The fourth-order valence-electron chi connectivity index (χ4n) is 1.55. The molecule has 0 fully saturated rings. The zero-order chi connectivity index (χ0) is 12.7. The Hall–Kier alpha value is -0.980. The van der Waals surface area contributed by atoms with Crippen LogP contribution in [-0.2, 0) is 15.2 Å². The van der Waals surface area contributed by atoms with Crippen molar-refractivity contribution in [2.24, 2.45) is 0 Å². The van der Waals surface area contributed by atoms with Crippen molar-refractivity contribution in [2.45, 2.75) is 20.0 Å². The third kappa shape index (κ3) is 4.41. The summed E-state index contributed by atoms with van der Waals surface area (Å²) in [5.74, 6) is 0. The maximum atomic E-state index is 10.2. The van der Waals surface area contributed by atoms with Gasteiger partial charge < -0.3 is 0 Å². The van der Waals surface area contributed by atoms with Crippen molar-refractivity contribution < 1.29 is 13.9 Å². The summed E-state index contributed by atoms with van der Waals surface area (Å²) in [6.07, 6.45) is 0.375. The monoisotopic (exact) mass is 255 g/mol. The molecule has 0 heterocycles. The van der Waals surface area contributed by atoms with Crippen molar-refractivity contribution in [3.63, 3.8) is 0 Å². The Labute approximate surface area is 102 Å². The summed E-state index contributed by atoms with van der Waals surface area (Å²) in [4.78, 5) is 10.2. The second-order valence-corrected chi connectivity index (χ2v) is 5.92. The molecule has 0 aromatic heterocycles. The van der Waals surface area contributed by atoms with Crippen molar-refractivity contribution in [1.82, 2.24) is 0 Å². The minimum absolute atomic E-state index is 0.375. The molecule has 0 saturated carbocycles. The average Bonchev–Trinajstić information content (AvgIpc) is 2.30. The molecule has 0 bridgehead atoms. The molecule has 0 aliphatic rings. The second kappa shape index (κ2) is 6.68. The molecule has 1 aromatic carbocycles. The van der Waals surface area contributed by atoms with Gasteiger partial charge in [0.25, 0.3) is 0 Å². The number of nitriles is 1. The molecule has 5 heteroatoms. The third-order valence-corrected chi connectivity index (χ3v) is 4.58. The molecule has 0 amide bonds. The minimum atomic E-state index is -3.10. The number of benzene rings is 1. The Bertz CT molecular complexity index is 380. The molecule has 0 saturated heterocycles. The van der Waals surface area contributed by atoms with Gasteiger partial charge in [0.1, 0.15) is 0 Å². The first-order valence-corrected chi connectivity index (χ1v) is 7.60. The van der Waals surface area contributed by atoms with Gasteiger partial charge in [-0.25, -0.2) is 0 Å². The Morgan fingerprint density at radius 1 is 1.18 bits per heavy atom. The summed E-state index contributed by atoms with van der Waals surface area (Å²) in [6, 6.07) is 9.13. The van der Waals surface area contributed by atoms with Crippen LogP contribution in [0.2, 0.25) is 0 Å². The van der Waals surface area contributed by atoms with Gasteiger partial charge in [-0.05, 0) is 0 Å². The summed E-state index contributed by atoms with van der Waals surface area (Å²) in [5.41, 5.74) is 1.52. The Morgan fingerprint density at radius 3 is 2.12 bits per heavy atom. The molecular formula is C12H18NO3P. The fourth-order valence-corrected chi connectivity index (χ4v) is 3.49. The quantitative estimate of drug-likeness (QED) is 0.794. The van der Waals surface area contributed by atoms with Crippen molar-refractivity contribution in [2.75, 3.05) is 13.2 Å². The molecule has 0 atom stereocenters. The van der Waals surface area contributed by atoms with Crippen LogP contribution in [0, 0.1) is 11.3 Å². The van der Waals surface area contributed by atoms with E-state index in [2.05, 4.69) is 6.07 Å². The first-order valence-electron chi connectivity index (χ1n) is 5.63. The predicted molar refractivity (Wildman–Crippen MR) is 68.6 cm³/mol. The van der Waals surface area contributed by atoms with Crippen molar-refractivity contribution in [1.29, 1.82) is 5.26 Å². The van der Waals surface area contributed by atoms with E-state index in [1.165, 1.54) is 0 Å². The normalized spacial score (nSPS) is 12.1. The third-order valence-electron chi connectivity index (χ3n) is 2.25. The van der Waals surface area contributed by atoms with Gasteiger partial charge >= 0.3 is 102 Å². The molecule has 0 aliphatic carbocycles. The van der Waals surface area contributed by atoms with Gasteiger partial charge in [0.15, 0.2) is 0 Å². The zero-order valence-corrected chi connectivity index (χ0v) is 11.1. The van der Waals surface area contributed by atoms with Crippen LogP contribution in [-0.4, -0.2) is 18.1 Å². The number of hydrogen-bond donors (Lipinski definition) is 1. The summed E-state index contributed by atoms with van der Waals surface area (Å²) in [7, 11) is -3.10. The summed E-state index contributed by atoms with van der Waals surface area (Å²) in [5, 5.41) is 8.69. The topological polar surface area (TPSA) is 62.5 Å². The Kier molecular flexibility index (Phi) is 5.54. The van der Waals surface area contributed by atoms with Crippen LogP contribution in [0.15, 0.2) is 24.3 Å². The number of rotatable bonds is 6. The first kappa shape index (κ1) is 14.1. The molecule has 4 nitrogen and oxygen atoms in total. The van der Waals surface area contributed by atoms with Gasteiger partial charge in [-0.1, -0.05) is 0 Å². The molecule has 1 N–H and O–H groups in total. The van der Waals surface area contributed by atoms with E-state index in [1.54, 1.807) is 12.1 Å². The van der Waals surface area contributed by atoms with Gasteiger partial charge in [-0.2, -0.15) is 0 Å². The zero-order valence-electron chi connectivity index (χ0n) is 10.1. The first-order chi connectivity index (χ1) is 8.13. The molecule has 1 rings (SSSR count). The van der Waals surface area contributed by atoms with E-state index >= 15 is 0 Å². The van der Waals surface area contributed by atoms with Gasteiger partial charge in [-0.3, -0.25) is 0 Å². The van der Waals surface area contributed by atoms with E-state index in [1.807, 2.05) is 26.0 Å². The maximum absolute atomic E-state index is 10.2. The predicted octanol–water partition coefficient (Wildman–Crippen LogP) is 2.62. The molecule has 0 spiro atoms. The van der Waals surface area contributed by atoms with Crippen molar-refractivity contribution in [3.8, 4) is 6.07 Å². The van der Waals surface area contributed by atoms with Gasteiger partial charge in [-0.15, -0.1) is 0 Å². The molecule has 17 heavy (non-hydrogen) atoms. The van der Waals surface area contributed by atoms with Crippen molar-refractivity contribution in [3.05, 3.63) is 35.4 Å². The van der Waals surface area contributed by atoms with E-state index in [0.29, 0.717) is 24.9 Å². The van der Waals surface area contributed by atoms with Crippen LogP contribution in [0.25, 0.3) is 0 Å². The van der Waals surface area contributed by atoms with Crippen LogP contribution in [0.4, 0.5) is 0 Å². The molecule has 0 radical (unpaired) electrons. The Balaban J connectivity index is 2.75. The van der Waals surface area contributed by atoms with Gasteiger partial charge in [0.05, 0.1) is 0 Å². The average molecular weight is 255 g/mol. The molecule has 0 unspecified atom stereocenters. The number of nitrogens with zero attached hydrogens (tertiary/aromatic N) is 1. The van der Waals surface area contributed by atoms with E-state index in [-0.39, 0.29) is 0 Å². The summed E-state index contributed by atoms with van der Waals surface area (Å²) < 4.78 is 10.7. The van der Waals surface area contributed by atoms with E-state index < -0.39 is 7.94 Å². The van der Waals surface area contributed by atoms with Crippen LogP contribution in [0.3, 0.4) is 0 Å². The van der Waals surface area contributed by atoms with Crippen molar-refractivity contribution >= 4 is 7.94 Å². The summed E-state index contributed by atoms with van der Waals surface area (Å²) in [6.45, 7) is 4.52. The van der Waals surface area contributed by atoms with Crippen LogP contribution in [0.1, 0.15) is 25.0 Å². The van der Waals surface area contributed by atoms with E-state index in [4.69, 9.17) is 14.3 Å². The molecule has 0 aliphatic heterocycles. The van der Waals surface area contributed by atoms with Crippen LogP contribution in [0.5, 0.6) is 0 Å². The van der Waals surface area contributed by atoms with E-state index in [9.17, 15) is 4.89 Å². The Morgan fingerprint density at radius 2 is 1.71 bits per heavy atom. The molecule has 94 valence electrons. The van der Waals surface area contributed by atoms with E-state index in [0.717, 1.165) is 5.56 Å². The van der Waals surface area contributed by atoms with Gasteiger partial charge in [0, 0.05) is 0 Å². The molecule has 1 aromatic rings. The molecular weight excluding hydrogens is 237 g/mol. The standard InChI is InChI=1S/C12H18NO3P/c1-3-15-17(14,16-4-2)10-12-7-5-11(9-13)6-8-12/h5-8,14,17H,3-4,10H2,1-2H3. The summed E-state index contributed by atoms with van der Waals surface area (Å²) >= 11 is 0. The second-order valence-electron chi connectivity index (χ2n) is 3.56. The van der Waals surface area contributed by atoms with Crippen LogP contribution < -0.4 is 0 Å². The van der Waals surface area contributed by atoms with Gasteiger partial charge in [0.2, 0.25) is 0 Å². The SMILES string of the molecule is CCO[PH](O)(Cc1ccc(C#N)cc1)OCC. The fraction of sp³-hybridized carbons (Fsp3) is 0.417. The van der Waals surface area contributed by atoms with Crippen LogP contribution >= 0.6 is 7.94 Å².